The summed E-state index contributed by atoms with van der Waals surface area (Å²) in [6, 6.07) is 7.73. The summed E-state index contributed by atoms with van der Waals surface area (Å²) in [4.78, 5) is 21.7. The van der Waals surface area contributed by atoms with Gasteiger partial charge in [0.1, 0.15) is 0 Å². The highest BCUT2D eigenvalue weighted by atomic mass is 32.1. The molecule has 0 unspecified atom stereocenters. The van der Waals surface area contributed by atoms with Gasteiger partial charge in [-0.3, -0.25) is 9.20 Å². The van der Waals surface area contributed by atoms with E-state index in [2.05, 4.69) is 22.0 Å². The van der Waals surface area contributed by atoms with Gasteiger partial charge in [-0.1, -0.05) is 23.4 Å². The van der Waals surface area contributed by atoms with Crippen molar-refractivity contribution >= 4 is 22.3 Å². The summed E-state index contributed by atoms with van der Waals surface area (Å²) in [5, 5.41) is 12.7. The van der Waals surface area contributed by atoms with Gasteiger partial charge in [-0.2, -0.15) is 4.98 Å². The van der Waals surface area contributed by atoms with Crippen molar-refractivity contribution in [1.82, 2.24) is 19.5 Å². The Morgan fingerprint density at radius 1 is 1.28 bits per heavy atom. The summed E-state index contributed by atoms with van der Waals surface area (Å²) in [6.45, 7) is 2.05. The van der Waals surface area contributed by atoms with Crippen LogP contribution in [0.4, 0.5) is 0 Å². The monoisotopic (exact) mass is 354 g/mol. The van der Waals surface area contributed by atoms with Gasteiger partial charge in [0.15, 0.2) is 4.96 Å². The molecule has 1 aromatic carbocycles. The second-order valence-electron chi connectivity index (χ2n) is 5.64. The molecule has 126 valence electrons. The molecule has 1 N–H and O–H groups in total. The highest BCUT2D eigenvalue weighted by Crippen LogP contribution is 2.26. The summed E-state index contributed by atoms with van der Waals surface area (Å²) in [5.74, 6) is -0.128. The summed E-state index contributed by atoms with van der Waals surface area (Å²) < 4.78 is 7.14. The predicted octanol–water partition coefficient (Wildman–Crippen LogP) is 3.44. The summed E-state index contributed by atoms with van der Waals surface area (Å²) >= 11 is 1.64. The molecular weight excluding hydrogens is 340 g/mol. The van der Waals surface area contributed by atoms with E-state index in [1.807, 2.05) is 41.1 Å². The van der Waals surface area contributed by atoms with E-state index in [4.69, 9.17) is 9.63 Å². The van der Waals surface area contributed by atoms with Crippen molar-refractivity contribution in [3.05, 3.63) is 47.4 Å². The molecule has 0 saturated carbocycles. The fourth-order valence-electron chi connectivity index (χ4n) is 2.56. The van der Waals surface area contributed by atoms with Crippen LogP contribution in [0.5, 0.6) is 0 Å². The third-order valence-electron chi connectivity index (χ3n) is 3.71. The summed E-state index contributed by atoms with van der Waals surface area (Å²) in [7, 11) is 0. The number of carbonyl (C=O) groups is 1. The minimum absolute atomic E-state index is 0.0352. The van der Waals surface area contributed by atoms with Crippen LogP contribution in [0, 0.1) is 6.92 Å². The molecule has 0 aliphatic rings. The van der Waals surface area contributed by atoms with E-state index in [1.54, 1.807) is 11.3 Å². The van der Waals surface area contributed by atoms with Crippen LogP contribution in [0.25, 0.3) is 27.6 Å². The lowest BCUT2D eigenvalue weighted by Crippen LogP contribution is -1.97. The molecule has 0 aliphatic heterocycles. The number of benzene rings is 1. The molecule has 0 bridgehead atoms. The van der Waals surface area contributed by atoms with E-state index >= 15 is 0 Å². The Morgan fingerprint density at radius 3 is 2.92 bits per heavy atom. The van der Waals surface area contributed by atoms with E-state index in [1.165, 1.54) is 4.88 Å². The summed E-state index contributed by atoms with van der Waals surface area (Å²) in [5.41, 5.74) is 2.64. The van der Waals surface area contributed by atoms with Gasteiger partial charge in [0, 0.05) is 34.8 Å². The topological polar surface area (TPSA) is 93.5 Å². The van der Waals surface area contributed by atoms with E-state index in [9.17, 15) is 4.79 Å². The van der Waals surface area contributed by atoms with Crippen molar-refractivity contribution in [1.29, 1.82) is 0 Å². The first-order chi connectivity index (χ1) is 12.1. The van der Waals surface area contributed by atoms with Crippen molar-refractivity contribution < 1.29 is 14.4 Å². The average Bonchev–Trinajstić information content (AvgIpc) is 3.27. The lowest BCUT2D eigenvalue weighted by molar-refractivity contribution is -0.137. The number of fused-ring (bicyclic) bond motifs is 1. The number of rotatable bonds is 5. The number of aryl methyl sites for hydroxylation is 2. The molecule has 0 radical (unpaired) electrons. The molecule has 8 heteroatoms. The Morgan fingerprint density at radius 2 is 2.12 bits per heavy atom. The van der Waals surface area contributed by atoms with E-state index in [-0.39, 0.29) is 12.8 Å². The maximum atomic E-state index is 10.6. The standard InChI is InChI=1S/C17H14N4O3S/c1-10-8-21-9-13(18-17(21)25-10)11-3-2-4-12(7-11)16-19-14(24-20-16)5-6-15(22)23/h2-4,7-9H,5-6H2,1H3,(H,22,23). The first kappa shape index (κ1) is 15.5. The Kier molecular flexibility index (Phi) is 3.81. The van der Waals surface area contributed by atoms with Gasteiger partial charge in [-0.05, 0) is 13.0 Å². The van der Waals surface area contributed by atoms with Crippen LogP contribution in [0.3, 0.4) is 0 Å². The number of imidazole rings is 1. The molecule has 25 heavy (non-hydrogen) atoms. The van der Waals surface area contributed by atoms with Gasteiger partial charge in [-0.25, -0.2) is 4.98 Å². The van der Waals surface area contributed by atoms with Crippen LogP contribution >= 0.6 is 11.3 Å². The van der Waals surface area contributed by atoms with Crippen molar-refractivity contribution in [3.8, 4) is 22.6 Å². The van der Waals surface area contributed by atoms with Crippen LogP contribution in [-0.4, -0.2) is 30.6 Å². The summed E-state index contributed by atoms with van der Waals surface area (Å²) in [6.07, 6.45) is 4.23. The molecule has 0 fully saturated rings. The van der Waals surface area contributed by atoms with Crippen LogP contribution in [0.1, 0.15) is 17.2 Å². The van der Waals surface area contributed by atoms with Crippen LogP contribution in [-0.2, 0) is 11.2 Å². The third kappa shape index (κ3) is 3.16. The Bertz CT molecular complexity index is 1030. The first-order valence-electron chi connectivity index (χ1n) is 7.69. The number of carboxylic acid groups (broad SMARTS) is 1. The highest BCUT2D eigenvalue weighted by molar-refractivity contribution is 7.17. The van der Waals surface area contributed by atoms with Gasteiger partial charge in [0.2, 0.25) is 11.7 Å². The minimum atomic E-state index is -0.892. The van der Waals surface area contributed by atoms with E-state index < -0.39 is 5.97 Å². The SMILES string of the molecule is Cc1cn2cc(-c3cccc(-c4noc(CCC(=O)O)n4)c3)nc2s1. The number of aromatic nitrogens is 4. The molecular formula is C17H14N4O3S. The number of nitrogens with zero attached hydrogens (tertiary/aromatic N) is 4. The number of aliphatic carboxylic acids is 1. The van der Waals surface area contributed by atoms with Gasteiger partial charge < -0.3 is 9.63 Å². The molecule has 0 spiro atoms. The molecule has 0 atom stereocenters. The lowest BCUT2D eigenvalue weighted by Gasteiger charge is -1.99. The van der Waals surface area contributed by atoms with Crippen LogP contribution in [0.2, 0.25) is 0 Å². The maximum absolute atomic E-state index is 10.6. The fraction of sp³-hybridized carbons (Fsp3) is 0.176. The predicted molar refractivity (Wildman–Crippen MR) is 92.5 cm³/mol. The highest BCUT2D eigenvalue weighted by Gasteiger charge is 2.12. The smallest absolute Gasteiger partial charge is 0.303 e. The van der Waals surface area contributed by atoms with Crippen molar-refractivity contribution in [2.45, 2.75) is 19.8 Å². The molecule has 7 nitrogen and oxygen atoms in total. The van der Waals surface area contributed by atoms with Gasteiger partial charge in [-0.15, -0.1) is 11.3 Å². The Hall–Kier alpha value is -3.00. The van der Waals surface area contributed by atoms with Crippen molar-refractivity contribution in [2.75, 3.05) is 0 Å². The van der Waals surface area contributed by atoms with Gasteiger partial charge in [0.05, 0.1) is 12.1 Å². The normalized spacial score (nSPS) is 11.2. The first-order valence-corrected chi connectivity index (χ1v) is 8.50. The largest absolute Gasteiger partial charge is 0.481 e. The minimum Gasteiger partial charge on any atom is -0.481 e. The zero-order chi connectivity index (χ0) is 17.4. The Labute approximate surface area is 146 Å². The van der Waals surface area contributed by atoms with Crippen molar-refractivity contribution in [3.63, 3.8) is 0 Å². The van der Waals surface area contributed by atoms with E-state index in [0.29, 0.717) is 11.7 Å². The third-order valence-corrected chi connectivity index (χ3v) is 4.62. The fourth-order valence-corrected chi connectivity index (χ4v) is 3.36. The molecule has 0 saturated heterocycles. The quantitative estimate of drug-likeness (QED) is 0.590. The Balaban J connectivity index is 1.62. The molecule has 4 aromatic rings. The average molecular weight is 354 g/mol. The second-order valence-corrected chi connectivity index (χ2v) is 6.86. The molecule has 3 aromatic heterocycles. The number of hydrogen-bond acceptors (Lipinski definition) is 6. The second kappa shape index (κ2) is 6.14. The van der Waals surface area contributed by atoms with Crippen LogP contribution < -0.4 is 0 Å². The zero-order valence-electron chi connectivity index (χ0n) is 13.3. The maximum Gasteiger partial charge on any atom is 0.303 e. The number of thiazole rings is 1. The molecule has 3 heterocycles. The molecule has 0 amide bonds. The lowest BCUT2D eigenvalue weighted by atomic mass is 10.1. The molecule has 0 aliphatic carbocycles. The van der Waals surface area contributed by atoms with Crippen LogP contribution in [0.15, 0.2) is 41.2 Å². The zero-order valence-corrected chi connectivity index (χ0v) is 14.2. The molecule has 4 rings (SSSR count). The number of hydrogen-bond donors (Lipinski definition) is 1. The van der Waals surface area contributed by atoms with Crippen molar-refractivity contribution in [2.24, 2.45) is 0 Å². The van der Waals surface area contributed by atoms with Gasteiger partial charge >= 0.3 is 5.97 Å². The van der Waals surface area contributed by atoms with E-state index in [0.717, 1.165) is 21.8 Å². The number of carboxylic acids is 1. The van der Waals surface area contributed by atoms with Gasteiger partial charge in [0.25, 0.3) is 0 Å².